The van der Waals surface area contributed by atoms with Gasteiger partial charge >= 0.3 is 0 Å². The molecule has 7 heteroatoms. The van der Waals surface area contributed by atoms with Gasteiger partial charge in [0.05, 0.1) is 28.8 Å². The summed E-state index contributed by atoms with van der Waals surface area (Å²) in [4.78, 5) is 21.7. The summed E-state index contributed by atoms with van der Waals surface area (Å²) >= 11 is 2.78. The molecule has 0 spiro atoms. The second-order valence-electron chi connectivity index (χ2n) is 4.98. The maximum atomic E-state index is 12.3. The van der Waals surface area contributed by atoms with E-state index in [0.29, 0.717) is 5.75 Å². The van der Waals surface area contributed by atoms with E-state index >= 15 is 0 Å². The molecule has 2 aromatic carbocycles. The summed E-state index contributed by atoms with van der Waals surface area (Å²) < 4.78 is 0. The molecule has 3 rings (SSSR count). The molecule has 0 fully saturated rings. The fourth-order valence-electron chi connectivity index (χ4n) is 2.22. The van der Waals surface area contributed by atoms with Crippen molar-refractivity contribution in [1.82, 2.24) is 9.97 Å². The Kier molecular flexibility index (Phi) is 5.88. The normalized spacial score (nSPS) is 10.4. The van der Waals surface area contributed by atoms with E-state index in [-0.39, 0.29) is 11.7 Å². The second-order valence-corrected chi connectivity index (χ2v) is 6.96. The number of carbonyl (C=O) groups excluding carboxylic acids is 1. The lowest BCUT2D eigenvalue weighted by Gasteiger charge is -2.09. The first kappa shape index (κ1) is 17.3. The second kappa shape index (κ2) is 8.51. The number of amides is 1. The van der Waals surface area contributed by atoms with Gasteiger partial charge in [-0.05, 0) is 18.2 Å². The van der Waals surface area contributed by atoms with Gasteiger partial charge in [-0.3, -0.25) is 4.79 Å². The van der Waals surface area contributed by atoms with Crippen molar-refractivity contribution >= 4 is 46.0 Å². The molecule has 1 amide bonds. The largest absolute Gasteiger partial charge is 0.324 e. The van der Waals surface area contributed by atoms with Crippen LogP contribution in [0.5, 0.6) is 0 Å². The predicted molar refractivity (Wildman–Crippen MR) is 102 cm³/mol. The van der Waals surface area contributed by atoms with Crippen LogP contribution in [-0.2, 0) is 4.79 Å². The lowest BCUT2D eigenvalue weighted by Crippen LogP contribution is -2.14. The van der Waals surface area contributed by atoms with E-state index in [1.165, 1.54) is 29.9 Å². The number of nitrogens with zero attached hydrogens (tertiary/aromatic N) is 3. The summed E-state index contributed by atoms with van der Waals surface area (Å²) in [5, 5.41) is 13.4. The average molecular weight is 366 g/mol. The van der Waals surface area contributed by atoms with Gasteiger partial charge in [0.1, 0.15) is 11.4 Å². The average Bonchev–Trinajstić information content (AvgIpc) is 2.65. The highest BCUT2D eigenvalue weighted by molar-refractivity contribution is 8.00. The molecule has 0 unspecified atom stereocenters. The number of thioether (sulfide) groups is 2. The van der Waals surface area contributed by atoms with Crippen molar-refractivity contribution in [2.45, 2.75) is 9.92 Å². The molecule has 3 aromatic rings. The topological polar surface area (TPSA) is 78.7 Å². The van der Waals surface area contributed by atoms with Crippen LogP contribution in [0, 0.1) is 11.3 Å². The number of nitrogens with one attached hydrogen (secondary N) is 1. The molecule has 0 radical (unpaired) electrons. The summed E-state index contributed by atoms with van der Waals surface area (Å²) in [5.41, 5.74) is 1.58. The van der Waals surface area contributed by atoms with Gasteiger partial charge in [0, 0.05) is 10.3 Å². The van der Waals surface area contributed by atoms with Crippen LogP contribution in [0.15, 0.2) is 64.8 Å². The van der Waals surface area contributed by atoms with Gasteiger partial charge in [-0.1, -0.05) is 42.1 Å². The summed E-state index contributed by atoms with van der Waals surface area (Å²) in [6.07, 6.45) is 1.51. The molecule has 0 aliphatic rings. The molecule has 0 aliphatic carbocycles. The Hall–Kier alpha value is -2.56. The van der Waals surface area contributed by atoms with Crippen LogP contribution >= 0.6 is 23.5 Å². The number of benzene rings is 2. The SMILES string of the molecule is N#CCSc1ccccc1NC(=O)CSc1ncnc2ccccc12. The molecule has 0 saturated carbocycles. The zero-order valence-electron chi connectivity index (χ0n) is 13.2. The van der Waals surface area contributed by atoms with Crippen LogP contribution in [0.3, 0.4) is 0 Å². The number of carbonyl (C=O) groups is 1. The third kappa shape index (κ3) is 4.50. The third-order valence-corrected chi connectivity index (χ3v) is 5.25. The van der Waals surface area contributed by atoms with Gasteiger partial charge in [0.15, 0.2) is 0 Å². The molecule has 124 valence electrons. The van der Waals surface area contributed by atoms with E-state index in [9.17, 15) is 4.79 Å². The fraction of sp³-hybridized carbons (Fsp3) is 0.111. The molecular weight excluding hydrogens is 352 g/mol. The van der Waals surface area contributed by atoms with Gasteiger partial charge in [-0.2, -0.15) is 5.26 Å². The Morgan fingerprint density at radius 2 is 1.88 bits per heavy atom. The quantitative estimate of drug-likeness (QED) is 0.525. The van der Waals surface area contributed by atoms with Crippen molar-refractivity contribution in [3.05, 3.63) is 54.9 Å². The van der Waals surface area contributed by atoms with Crippen molar-refractivity contribution in [3.63, 3.8) is 0 Å². The van der Waals surface area contributed by atoms with Crippen LogP contribution in [0.4, 0.5) is 5.69 Å². The predicted octanol–water partition coefficient (Wildman–Crippen LogP) is 3.98. The number of fused-ring (bicyclic) bond motifs is 1. The number of anilines is 1. The number of para-hydroxylation sites is 2. The zero-order valence-corrected chi connectivity index (χ0v) is 14.8. The smallest absolute Gasteiger partial charge is 0.234 e. The highest BCUT2D eigenvalue weighted by Crippen LogP contribution is 2.28. The van der Waals surface area contributed by atoms with E-state index < -0.39 is 0 Å². The Morgan fingerprint density at radius 1 is 1.08 bits per heavy atom. The van der Waals surface area contributed by atoms with Gasteiger partial charge in [-0.25, -0.2) is 9.97 Å². The Morgan fingerprint density at radius 3 is 2.76 bits per heavy atom. The van der Waals surface area contributed by atoms with Crippen molar-refractivity contribution < 1.29 is 4.79 Å². The molecule has 1 N–H and O–H groups in total. The monoisotopic (exact) mass is 366 g/mol. The summed E-state index contributed by atoms with van der Waals surface area (Å²) in [6.45, 7) is 0. The van der Waals surface area contributed by atoms with Gasteiger partial charge in [-0.15, -0.1) is 11.8 Å². The first-order valence-corrected chi connectivity index (χ1v) is 9.46. The minimum absolute atomic E-state index is 0.113. The standard InChI is InChI=1S/C18H14N4OS2/c19-9-10-24-16-8-4-3-7-15(16)22-17(23)11-25-18-13-5-1-2-6-14(13)20-12-21-18/h1-8,12H,10-11H2,(H,22,23). The molecule has 1 aromatic heterocycles. The van der Waals surface area contributed by atoms with Gasteiger partial charge < -0.3 is 5.32 Å². The van der Waals surface area contributed by atoms with Gasteiger partial charge in [0.25, 0.3) is 0 Å². The number of nitriles is 1. The highest BCUT2D eigenvalue weighted by atomic mass is 32.2. The lowest BCUT2D eigenvalue weighted by atomic mass is 10.2. The summed E-state index contributed by atoms with van der Waals surface area (Å²) in [7, 11) is 0. The van der Waals surface area contributed by atoms with E-state index in [0.717, 1.165) is 26.5 Å². The van der Waals surface area contributed by atoms with Crippen LogP contribution in [-0.4, -0.2) is 27.4 Å². The fourth-order valence-corrected chi connectivity index (χ4v) is 3.68. The minimum Gasteiger partial charge on any atom is -0.324 e. The number of aromatic nitrogens is 2. The Balaban J connectivity index is 1.66. The zero-order chi connectivity index (χ0) is 17.5. The summed E-state index contributed by atoms with van der Waals surface area (Å²) in [5.74, 6) is 0.477. The van der Waals surface area contributed by atoms with Crippen molar-refractivity contribution in [1.29, 1.82) is 5.26 Å². The molecule has 0 atom stereocenters. The van der Waals surface area contributed by atoms with E-state index in [4.69, 9.17) is 5.26 Å². The van der Waals surface area contributed by atoms with Crippen LogP contribution in [0.25, 0.3) is 10.9 Å². The van der Waals surface area contributed by atoms with Crippen molar-refractivity contribution in [2.75, 3.05) is 16.8 Å². The van der Waals surface area contributed by atoms with E-state index in [1.54, 1.807) is 0 Å². The molecule has 5 nitrogen and oxygen atoms in total. The molecule has 25 heavy (non-hydrogen) atoms. The van der Waals surface area contributed by atoms with E-state index in [1.807, 2.05) is 48.5 Å². The Labute approximate surface area is 153 Å². The molecule has 1 heterocycles. The van der Waals surface area contributed by atoms with Crippen molar-refractivity contribution in [3.8, 4) is 6.07 Å². The number of rotatable bonds is 6. The van der Waals surface area contributed by atoms with Crippen LogP contribution < -0.4 is 5.32 Å². The van der Waals surface area contributed by atoms with Crippen molar-refractivity contribution in [2.24, 2.45) is 0 Å². The van der Waals surface area contributed by atoms with Crippen LogP contribution in [0.1, 0.15) is 0 Å². The number of hydrogen-bond acceptors (Lipinski definition) is 6. The first-order valence-electron chi connectivity index (χ1n) is 7.49. The van der Waals surface area contributed by atoms with Gasteiger partial charge in [0.2, 0.25) is 5.91 Å². The van der Waals surface area contributed by atoms with E-state index in [2.05, 4.69) is 21.4 Å². The lowest BCUT2D eigenvalue weighted by molar-refractivity contribution is -0.113. The van der Waals surface area contributed by atoms with Crippen LogP contribution in [0.2, 0.25) is 0 Å². The molecular formula is C18H14N4OS2. The molecule has 0 aliphatic heterocycles. The first-order chi connectivity index (χ1) is 12.3. The Bertz CT molecular complexity index is 934. The molecule has 0 saturated heterocycles. The maximum absolute atomic E-state index is 12.3. The highest BCUT2D eigenvalue weighted by Gasteiger charge is 2.10. The maximum Gasteiger partial charge on any atom is 0.234 e. The summed E-state index contributed by atoms with van der Waals surface area (Å²) in [6, 6.07) is 17.3. The number of hydrogen-bond donors (Lipinski definition) is 1. The molecule has 0 bridgehead atoms. The minimum atomic E-state index is -0.113. The third-order valence-electron chi connectivity index (χ3n) is 3.30.